The lowest BCUT2D eigenvalue weighted by Crippen LogP contribution is -2.25. The van der Waals surface area contributed by atoms with Crippen molar-refractivity contribution >= 4 is 6.08 Å². The maximum Gasteiger partial charge on any atom is 0.130 e. The van der Waals surface area contributed by atoms with Gasteiger partial charge in [0.1, 0.15) is 11.6 Å². The van der Waals surface area contributed by atoms with Crippen LogP contribution < -0.4 is 5.32 Å². The van der Waals surface area contributed by atoms with Crippen LogP contribution in [0.4, 0.5) is 8.78 Å². The Morgan fingerprint density at radius 1 is 1.17 bits per heavy atom. The molecule has 1 aliphatic rings. The van der Waals surface area contributed by atoms with Gasteiger partial charge in [0.25, 0.3) is 0 Å². The molecule has 2 rings (SSSR count). The monoisotopic (exact) mass is 251 g/mol. The lowest BCUT2D eigenvalue weighted by molar-refractivity contribution is 0.588. The number of hydrogen-bond donors (Lipinski definition) is 1. The minimum Gasteiger partial charge on any atom is -0.311 e. The predicted octanol–water partition coefficient (Wildman–Crippen LogP) is 3.82. The highest BCUT2D eigenvalue weighted by Gasteiger charge is 2.09. The normalized spacial score (nSPS) is 21.2. The third-order valence-electron chi connectivity index (χ3n) is 3.38. The number of benzene rings is 1. The third-order valence-corrected chi connectivity index (χ3v) is 3.38. The van der Waals surface area contributed by atoms with Crippen molar-refractivity contribution in [2.24, 2.45) is 0 Å². The summed E-state index contributed by atoms with van der Waals surface area (Å²) in [6, 6.07) is 2.78. The van der Waals surface area contributed by atoms with E-state index in [4.69, 9.17) is 0 Å². The van der Waals surface area contributed by atoms with Crippen molar-refractivity contribution in [3.05, 3.63) is 41.0 Å². The van der Waals surface area contributed by atoms with Gasteiger partial charge in [0, 0.05) is 11.6 Å². The molecule has 18 heavy (non-hydrogen) atoms. The van der Waals surface area contributed by atoms with Gasteiger partial charge in [-0.05, 0) is 44.0 Å². The van der Waals surface area contributed by atoms with E-state index in [0.717, 1.165) is 13.0 Å². The van der Waals surface area contributed by atoms with Crippen molar-refractivity contribution in [2.45, 2.75) is 38.6 Å². The number of hydrogen-bond acceptors (Lipinski definition) is 1. The molecule has 1 atom stereocenters. The molecule has 1 heterocycles. The van der Waals surface area contributed by atoms with Crippen LogP contribution in [0.1, 0.15) is 36.8 Å². The summed E-state index contributed by atoms with van der Waals surface area (Å²) < 4.78 is 27.0. The van der Waals surface area contributed by atoms with Crippen LogP contribution in [0.5, 0.6) is 0 Å². The Kier molecular flexibility index (Phi) is 4.48. The van der Waals surface area contributed by atoms with E-state index in [1.54, 1.807) is 13.0 Å². The van der Waals surface area contributed by atoms with E-state index >= 15 is 0 Å². The van der Waals surface area contributed by atoms with Crippen molar-refractivity contribution in [3.63, 3.8) is 0 Å². The second kappa shape index (κ2) is 6.10. The first-order valence-electron chi connectivity index (χ1n) is 6.54. The topological polar surface area (TPSA) is 12.0 Å². The maximum absolute atomic E-state index is 13.6. The zero-order chi connectivity index (χ0) is 13.0. The number of rotatable bonds is 2. The first-order valence-corrected chi connectivity index (χ1v) is 6.54. The molecule has 1 aliphatic heterocycles. The average Bonchev–Trinajstić information content (AvgIpc) is 2.60. The van der Waals surface area contributed by atoms with Crippen LogP contribution in [0.2, 0.25) is 0 Å². The first kappa shape index (κ1) is 13.2. The van der Waals surface area contributed by atoms with Crippen LogP contribution in [0.25, 0.3) is 6.08 Å². The van der Waals surface area contributed by atoms with E-state index in [1.807, 2.05) is 6.08 Å². The molecular weight excluding hydrogens is 232 g/mol. The summed E-state index contributed by atoms with van der Waals surface area (Å²) in [5, 5.41) is 3.39. The van der Waals surface area contributed by atoms with Gasteiger partial charge < -0.3 is 5.32 Å². The van der Waals surface area contributed by atoms with Gasteiger partial charge in [0.15, 0.2) is 0 Å². The Morgan fingerprint density at radius 2 is 2.00 bits per heavy atom. The fourth-order valence-electron chi connectivity index (χ4n) is 2.23. The summed E-state index contributed by atoms with van der Waals surface area (Å²) in [6.07, 6.45) is 8.31. The van der Waals surface area contributed by atoms with Crippen LogP contribution in [0.3, 0.4) is 0 Å². The van der Waals surface area contributed by atoms with Crippen molar-refractivity contribution in [1.82, 2.24) is 5.32 Å². The lowest BCUT2D eigenvalue weighted by Gasteiger charge is -2.10. The average molecular weight is 251 g/mol. The minimum atomic E-state index is -0.362. The Labute approximate surface area is 107 Å². The summed E-state index contributed by atoms with van der Waals surface area (Å²) in [4.78, 5) is 0. The summed E-state index contributed by atoms with van der Waals surface area (Å²) in [6.45, 7) is 2.57. The molecule has 98 valence electrons. The molecule has 0 bridgehead atoms. The molecule has 1 saturated heterocycles. The molecule has 0 saturated carbocycles. The Balaban J connectivity index is 2.10. The van der Waals surface area contributed by atoms with E-state index in [9.17, 15) is 8.78 Å². The van der Waals surface area contributed by atoms with Crippen molar-refractivity contribution < 1.29 is 8.78 Å². The summed E-state index contributed by atoms with van der Waals surface area (Å²) in [5.74, 6) is -0.719. The van der Waals surface area contributed by atoms with E-state index in [-0.39, 0.29) is 17.7 Å². The van der Waals surface area contributed by atoms with Crippen molar-refractivity contribution in [2.75, 3.05) is 6.54 Å². The third kappa shape index (κ3) is 3.39. The van der Waals surface area contributed by atoms with Crippen LogP contribution in [-0.2, 0) is 0 Å². The van der Waals surface area contributed by atoms with Gasteiger partial charge in [-0.2, -0.15) is 0 Å². The smallest absolute Gasteiger partial charge is 0.130 e. The standard InChI is InChI=1S/C15H19F2N/c1-11-9-15(17)12(10-14(11)16)6-7-13-5-3-2-4-8-18-13/h6-7,9-10,13,18H,2-5,8H2,1H3/b7-6+. The molecule has 0 aromatic heterocycles. The lowest BCUT2D eigenvalue weighted by atomic mass is 10.1. The highest BCUT2D eigenvalue weighted by atomic mass is 19.1. The molecule has 0 spiro atoms. The quantitative estimate of drug-likeness (QED) is 0.842. The Hall–Kier alpha value is -1.22. The summed E-state index contributed by atoms with van der Waals surface area (Å²) in [7, 11) is 0. The molecular formula is C15H19F2N. The molecule has 1 N–H and O–H groups in total. The van der Waals surface area contributed by atoms with Crippen molar-refractivity contribution in [1.29, 1.82) is 0 Å². The van der Waals surface area contributed by atoms with Crippen LogP contribution in [0.15, 0.2) is 18.2 Å². The zero-order valence-electron chi connectivity index (χ0n) is 10.7. The van der Waals surface area contributed by atoms with Gasteiger partial charge in [0.05, 0.1) is 0 Å². The molecule has 3 heteroatoms. The van der Waals surface area contributed by atoms with Crippen LogP contribution in [-0.4, -0.2) is 12.6 Å². The first-order chi connectivity index (χ1) is 8.66. The Bertz CT molecular complexity index is 432. The van der Waals surface area contributed by atoms with E-state index in [0.29, 0.717) is 11.1 Å². The van der Waals surface area contributed by atoms with E-state index < -0.39 is 0 Å². The molecule has 1 aromatic carbocycles. The van der Waals surface area contributed by atoms with Gasteiger partial charge >= 0.3 is 0 Å². The number of nitrogens with one attached hydrogen (secondary N) is 1. The van der Waals surface area contributed by atoms with Crippen molar-refractivity contribution in [3.8, 4) is 0 Å². The van der Waals surface area contributed by atoms with Gasteiger partial charge in [-0.3, -0.25) is 0 Å². The van der Waals surface area contributed by atoms with Gasteiger partial charge in [-0.25, -0.2) is 8.78 Å². The highest BCUT2D eigenvalue weighted by molar-refractivity contribution is 5.51. The summed E-state index contributed by atoms with van der Waals surface area (Å²) >= 11 is 0. The van der Waals surface area contributed by atoms with Gasteiger partial charge in [-0.1, -0.05) is 25.0 Å². The predicted molar refractivity (Wildman–Crippen MR) is 70.4 cm³/mol. The molecule has 0 amide bonds. The van der Waals surface area contributed by atoms with E-state index in [2.05, 4.69) is 5.32 Å². The molecule has 1 unspecified atom stereocenters. The molecule has 1 aromatic rings. The number of aryl methyl sites for hydroxylation is 1. The van der Waals surface area contributed by atoms with Gasteiger partial charge in [-0.15, -0.1) is 0 Å². The Morgan fingerprint density at radius 3 is 2.83 bits per heavy atom. The molecule has 0 aliphatic carbocycles. The zero-order valence-corrected chi connectivity index (χ0v) is 10.7. The highest BCUT2D eigenvalue weighted by Crippen LogP contribution is 2.17. The van der Waals surface area contributed by atoms with E-state index in [1.165, 1.54) is 31.4 Å². The number of halogens is 2. The summed E-state index contributed by atoms with van der Waals surface area (Å²) in [5.41, 5.74) is 0.668. The second-order valence-corrected chi connectivity index (χ2v) is 4.89. The van der Waals surface area contributed by atoms with Gasteiger partial charge in [0.2, 0.25) is 0 Å². The van der Waals surface area contributed by atoms with Crippen LogP contribution >= 0.6 is 0 Å². The fraction of sp³-hybridized carbons (Fsp3) is 0.467. The SMILES string of the molecule is Cc1cc(F)c(/C=C/C2CCCCCN2)cc1F. The minimum absolute atomic E-state index is 0.274. The van der Waals surface area contributed by atoms with Crippen LogP contribution in [0, 0.1) is 18.6 Å². The molecule has 1 nitrogen and oxygen atoms in total. The maximum atomic E-state index is 13.6. The fourth-order valence-corrected chi connectivity index (χ4v) is 2.23. The molecule has 0 radical (unpaired) electrons. The largest absolute Gasteiger partial charge is 0.311 e. The second-order valence-electron chi connectivity index (χ2n) is 4.89. The molecule has 1 fully saturated rings.